The molecule has 0 aliphatic heterocycles. The average Bonchev–Trinajstić information content (AvgIpc) is 2.76. The van der Waals surface area contributed by atoms with Crippen molar-refractivity contribution < 1.29 is 18.3 Å². The lowest BCUT2D eigenvalue weighted by Crippen LogP contribution is -2.28. The predicted octanol–water partition coefficient (Wildman–Crippen LogP) is 0.0574. The number of carbonyl (C=O) groups is 1. The number of rotatable bonds is 9. The number of sulfonamides is 1. The fraction of sp³-hybridized carbons (Fsp3) is 0.600. The minimum Gasteiger partial charge on any atom is -0.481 e. The van der Waals surface area contributed by atoms with Gasteiger partial charge in [-0.25, -0.2) is 18.1 Å². The molecular weight excluding hydrogens is 258 g/mol. The summed E-state index contributed by atoms with van der Waals surface area (Å²) in [5, 5.41) is 8.41. The predicted molar refractivity (Wildman–Crippen MR) is 65.5 cm³/mol. The van der Waals surface area contributed by atoms with Gasteiger partial charge in [0.25, 0.3) is 0 Å². The first-order valence-corrected chi connectivity index (χ1v) is 7.30. The Hall–Kier alpha value is -1.41. The molecule has 0 aromatic carbocycles. The molecular formula is C10H17N3O4S. The van der Waals surface area contributed by atoms with Crippen molar-refractivity contribution in [3.05, 3.63) is 18.7 Å². The monoisotopic (exact) mass is 275 g/mol. The zero-order valence-electron chi connectivity index (χ0n) is 9.95. The SMILES string of the molecule is O=C(O)CCCS(=O)(=O)NCCCn1ccnc1. The van der Waals surface area contributed by atoms with Crippen molar-refractivity contribution in [1.29, 1.82) is 0 Å². The molecule has 0 amide bonds. The molecule has 2 N–H and O–H groups in total. The third kappa shape index (κ3) is 6.36. The number of imidazole rings is 1. The summed E-state index contributed by atoms with van der Waals surface area (Å²) in [7, 11) is -3.36. The van der Waals surface area contributed by atoms with Crippen molar-refractivity contribution in [3.8, 4) is 0 Å². The molecule has 0 unspecified atom stereocenters. The Balaban J connectivity index is 2.15. The molecule has 0 saturated carbocycles. The largest absolute Gasteiger partial charge is 0.481 e. The van der Waals surface area contributed by atoms with E-state index in [0.29, 0.717) is 19.5 Å². The van der Waals surface area contributed by atoms with Crippen molar-refractivity contribution in [2.75, 3.05) is 12.3 Å². The highest BCUT2D eigenvalue weighted by atomic mass is 32.2. The van der Waals surface area contributed by atoms with E-state index >= 15 is 0 Å². The highest BCUT2D eigenvalue weighted by Gasteiger charge is 2.10. The maximum absolute atomic E-state index is 11.5. The molecule has 0 fully saturated rings. The summed E-state index contributed by atoms with van der Waals surface area (Å²) in [4.78, 5) is 14.1. The molecule has 0 radical (unpaired) electrons. The fourth-order valence-electron chi connectivity index (χ4n) is 1.39. The van der Waals surface area contributed by atoms with Gasteiger partial charge in [0.2, 0.25) is 10.0 Å². The van der Waals surface area contributed by atoms with Crippen molar-refractivity contribution in [3.63, 3.8) is 0 Å². The third-order valence-corrected chi connectivity index (χ3v) is 3.75. The summed E-state index contributed by atoms with van der Waals surface area (Å²) in [5.41, 5.74) is 0. The number of aryl methyl sites for hydroxylation is 1. The van der Waals surface area contributed by atoms with E-state index in [-0.39, 0.29) is 18.6 Å². The van der Waals surface area contributed by atoms with Gasteiger partial charge in [-0.2, -0.15) is 0 Å². The Bertz CT molecular complexity index is 455. The van der Waals surface area contributed by atoms with E-state index in [1.807, 2.05) is 4.57 Å². The van der Waals surface area contributed by atoms with Gasteiger partial charge in [-0.3, -0.25) is 4.79 Å². The quantitative estimate of drug-likeness (QED) is 0.620. The van der Waals surface area contributed by atoms with Crippen molar-refractivity contribution >= 4 is 16.0 Å². The molecule has 0 atom stereocenters. The van der Waals surface area contributed by atoms with Gasteiger partial charge < -0.3 is 9.67 Å². The summed E-state index contributed by atoms with van der Waals surface area (Å²) in [6.07, 6.45) is 5.80. The third-order valence-electron chi connectivity index (χ3n) is 2.28. The van der Waals surface area contributed by atoms with Crippen LogP contribution in [-0.2, 0) is 21.4 Å². The lowest BCUT2D eigenvalue weighted by Gasteiger charge is -2.06. The number of hydrogen-bond donors (Lipinski definition) is 2. The van der Waals surface area contributed by atoms with Crippen LogP contribution < -0.4 is 4.72 Å². The van der Waals surface area contributed by atoms with E-state index in [1.165, 1.54) is 0 Å². The van der Waals surface area contributed by atoms with Gasteiger partial charge in [0, 0.05) is 31.9 Å². The highest BCUT2D eigenvalue weighted by Crippen LogP contribution is 1.96. The summed E-state index contributed by atoms with van der Waals surface area (Å²) < 4.78 is 27.2. The minimum absolute atomic E-state index is 0.129. The second-order valence-corrected chi connectivity index (χ2v) is 5.79. The number of aromatic nitrogens is 2. The number of carboxylic acids is 1. The van der Waals surface area contributed by atoms with Gasteiger partial charge in [-0.1, -0.05) is 0 Å². The van der Waals surface area contributed by atoms with Gasteiger partial charge in [-0.15, -0.1) is 0 Å². The second-order valence-electron chi connectivity index (χ2n) is 3.86. The number of hydrogen-bond acceptors (Lipinski definition) is 4. The van der Waals surface area contributed by atoms with Crippen LogP contribution in [0.2, 0.25) is 0 Å². The second kappa shape index (κ2) is 7.12. The van der Waals surface area contributed by atoms with Gasteiger partial charge in [0.05, 0.1) is 12.1 Å². The van der Waals surface area contributed by atoms with Crippen molar-refractivity contribution in [2.24, 2.45) is 0 Å². The molecule has 0 aliphatic carbocycles. The van der Waals surface area contributed by atoms with Crippen molar-refractivity contribution in [2.45, 2.75) is 25.8 Å². The Labute approximate surface area is 106 Å². The molecule has 8 heteroatoms. The van der Waals surface area contributed by atoms with E-state index < -0.39 is 16.0 Å². The van der Waals surface area contributed by atoms with E-state index in [1.54, 1.807) is 18.7 Å². The van der Waals surface area contributed by atoms with Crippen LogP contribution >= 0.6 is 0 Å². The average molecular weight is 275 g/mol. The van der Waals surface area contributed by atoms with Crippen LogP contribution in [0.5, 0.6) is 0 Å². The zero-order chi connectivity index (χ0) is 13.4. The number of nitrogens with zero attached hydrogens (tertiary/aromatic N) is 2. The number of nitrogens with one attached hydrogen (secondary N) is 1. The Morgan fingerprint density at radius 1 is 1.39 bits per heavy atom. The van der Waals surface area contributed by atoms with Gasteiger partial charge in [-0.05, 0) is 12.8 Å². The maximum Gasteiger partial charge on any atom is 0.303 e. The molecule has 7 nitrogen and oxygen atoms in total. The van der Waals surface area contributed by atoms with Crippen LogP contribution in [0, 0.1) is 0 Å². The minimum atomic E-state index is -3.36. The molecule has 1 aromatic rings. The van der Waals surface area contributed by atoms with Crippen LogP contribution in [0.4, 0.5) is 0 Å². The van der Waals surface area contributed by atoms with Crippen LogP contribution in [0.15, 0.2) is 18.7 Å². The lowest BCUT2D eigenvalue weighted by atomic mass is 10.3. The summed E-state index contributed by atoms with van der Waals surface area (Å²) in [5.74, 6) is -1.13. The van der Waals surface area contributed by atoms with Gasteiger partial charge >= 0.3 is 5.97 Å². The van der Waals surface area contributed by atoms with Crippen LogP contribution in [0.3, 0.4) is 0 Å². The molecule has 0 bridgehead atoms. The first kappa shape index (κ1) is 14.7. The molecule has 0 saturated heterocycles. The van der Waals surface area contributed by atoms with E-state index in [4.69, 9.17) is 5.11 Å². The molecule has 1 rings (SSSR count). The van der Waals surface area contributed by atoms with Gasteiger partial charge in [0.1, 0.15) is 0 Å². The van der Waals surface area contributed by atoms with E-state index in [2.05, 4.69) is 9.71 Å². The Kier molecular flexibility index (Phi) is 5.79. The normalized spacial score (nSPS) is 11.6. The molecule has 0 aliphatic rings. The van der Waals surface area contributed by atoms with E-state index in [0.717, 1.165) is 0 Å². The van der Waals surface area contributed by atoms with Crippen LogP contribution in [-0.4, -0.2) is 41.3 Å². The fourth-order valence-corrected chi connectivity index (χ4v) is 2.52. The van der Waals surface area contributed by atoms with Crippen LogP contribution in [0.25, 0.3) is 0 Å². The zero-order valence-corrected chi connectivity index (χ0v) is 10.8. The molecule has 1 heterocycles. The first-order chi connectivity index (χ1) is 8.49. The smallest absolute Gasteiger partial charge is 0.303 e. The lowest BCUT2D eigenvalue weighted by molar-refractivity contribution is -0.137. The molecule has 102 valence electrons. The highest BCUT2D eigenvalue weighted by molar-refractivity contribution is 7.89. The molecule has 18 heavy (non-hydrogen) atoms. The van der Waals surface area contributed by atoms with Gasteiger partial charge in [0.15, 0.2) is 0 Å². The maximum atomic E-state index is 11.5. The van der Waals surface area contributed by atoms with E-state index in [9.17, 15) is 13.2 Å². The summed E-state index contributed by atoms with van der Waals surface area (Å²) in [6, 6.07) is 0. The van der Waals surface area contributed by atoms with Crippen molar-refractivity contribution in [1.82, 2.24) is 14.3 Å². The first-order valence-electron chi connectivity index (χ1n) is 5.64. The topological polar surface area (TPSA) is 101 Å². The molecule has 1 aromatic heterocycles. The Morgan fingerprint density at radius 3 is 2.78 bits per heavy atom. The summed E-state index contributed by atoms with van der Waals surface area (Å²) >= 11 is 0. The standard InChI is InChI=1S/C10H17N3O4S/c14-10(15)3-1-8-18(16,17)12-4-2-6-13-7-5-11-9-13/h5,7,9,12H,1-4,6,8H2,(H,14,15). The summed E-state index contributed by atoms with van der Waals surface area (Å²) in [6.45, 7) is 1.03. The Morgan fingerprint density at radius 2 is 2.17 bits per heavy atom. The number of aliphatic carboxylic acids is 1. The number of carboxylic acid groups (broad SMARTS) is 1. The molecule has 0 spiro atoms. The van der Waals surface area contributed by atoms with Crippen LogP contribution in [0.1, 0.15) is 19.3 Å².